The molecule has 0 atom stereocenters. The molecule has 0 bridgehead atoms. The van der Waals surface area contributed by atoms with Crippen LogP contribution < -0.4 is 16.4 Å². The summed E-state index contributed by atoms with van der Waals surface area (Å²) in [6.45, 7) is 1.90. The van der Waals surface area contributed by atoms with Crippen molar-refractivity contribution >= 4 is 34.7 Å². The molecule has 2 rings (SSSR count). The van der Waals surface area contributed by atoms with Gasteiger partial charge in [-0.25, -0.2) is 4.79 Å². The van der Waals surface area contributed by atoms with Crippen molar-refractivity contribution in [2.75, 3.05) is 16.4 Å². The summed E-state index contributed by atoms with van der Waals surface area (Å²) < 4.78 is 0. The lowest BCUT2D eigenvalue weighted by Gasteiger charge is -2.10. The van der Waals surface area contributed by atoms with Gasteiger partial charge in [0.2, 0.25) is 0 Å². The lowest BCUT2D eigenvalue weighted by molar-refractivity contribution is 0.262. The lowest BCUT2D eigenvalue weighted by Crippen LogP contribution is -2.20. The summed E-state index contributed by atoms with van der Waals surface area (Å²) >= 11 is 5.89. The van der Waals surface area contributed by atoms with E-state index in [1.54, 1.807) is 36.4 Å². The maximum Gasteiger partial charge on any atom is 0.323 e. The predicted molar refractivity (Wildman–Crippen MR) is 79.7 cm³/mol. The zero-order valence-corrected chi connectivity index (χ0v) is 11.2. The maximum atomic E-state index is 11.9. The predicted octanol–water partition coefficient (Wildman–Crippen LogP) is 3.87. The maximum absolute atomic E-state index is 11.9. The van der Waals surface area contributed by atoms with Gasteiger partial charge in [0.1, 0.15) is 0 Å². The summed E-state index contributed by atoms with van der Waals surface area (Å²) in [6, 6.07) is 12.0. The Labute approximate surface area is 116 Å². The summed E-state index contributed by atoms with van der Waals surface area (Å²) in [5.41, 5.74) is 8.48. The number of nitrogens with two attached hydrogens (primary N) is 1. The van der Waals surface area contributed by atoms with E-state index in [4.69, 9.17) is 17.3 Å². The Morgan fingerprint density at radius 2 is 1.95 bits per heavy atom. The second-order valence-corrected chi connectivity index (χ2v) is 4.60. The molecule has 2 aromatic carbocycles. The second-order valence-electron chi connectivity index (χ2n) is 4.16. The highest BCUT2D eigenvalue weighted by atomic mass is 35.5. The van der Waals surface area contributed by atoms with E-state index in [-0.39, 0.29) is 6.03 Å². The van der Waals surface area contributed by atoms with Gasteiger partial charge in [0.15, 0.2) is 0 Å². The number of aryl methyl sites for hydroxylation is 1. The fourth-order valence-corrected chi connectivity index (χ4v) is 1.80. The molecule has 2 aromatic rings. The highest BCUT2D eigenvalue weighted by Crippen LogP contribution is 2.20. The molecule has 0 fully saturated rings. The molecule has 0 aromatic heterocycles. The van der Waals surface area contributed by atoms with Gasteiger partial charge in [0, 0.05) is 22.1 Å². The summed E-state index contributed by atoms with van der Waals surface area (Å²) in [6.07, 6.45) is 0. The van der Waals surface area contributed by atoms with Crippen molar-refractivity contribution < 1.29 is 4.79 Å². The molecule has 0 aliphatic rings. The second kappa shape index (κ2) is 5.63. The number of hydrogen-bond donors (Lipinski definition) is 3. The molecule has 19 heavy (non-hydrogen) atoms. The Kier molecular flexibility index (Phi) is 3.92. The van der Waals surface area contributed by atoms with Gasteiger partial charge in [0.05, 0.1) is 0 Å². The van der Waals surface area contributed by atoms with Crippen LogP contribution in [0.3, 0.4) is 0 Å². The Balaban J connectivity index is 2.07. The average molecular weight is 276 g/mol. The number of amides is 2. The molecule has 0 heterocycles. The number of hydrogen-bond acceptors (Lipinski definition) is 2. The van der Waals surface area contributed by atoms with Crippen molar-refractivity contribution in [3.05, 3.63) is 53.1 Å². The van der Waals surface area contributed by atoms with Crippen molar-refractivity contribution in [3.63, 3.8) is 0 Å². The highest BCUT2D eigenvalue weighted by Gasteiger charge is 2.05. The Bertz CT molecular complexity index is 613. The van der Waals surface area contributed by atoms with E-state index in [2.05, 4.69) is 10.6 Å². The molecule has 0 spiro atoms. The summed E-state index contributed by atoms with van der Waals surface area (Å²) in [5.74, 6) is 0. The van der Waals surface area contributed by atoms with Crippen LogP contribution in [0.4, 0.5) is 21.9 Å². The third kappa shape index (κ3) is 3.63. The standard InChI is InChI=1S/C14H14ClN3O/c1-9-5-6-10(15)7-13(9)18-14(19)17-12-4-2-3-11(16)8-12/h2-8H,16H2,1H3,(H2,17,18,19). The third-order valence-electron chi connectivity index (χ3n) is 2.59. The van der Waals surface area contributed by atoms with E-state index in [0.29, 0.717) is 22.1 Å². The molecule has 0 radical (unpaired) electrons. The van der Waals surface area contributed by atoms with E-state index in [1.165, 1.54) is 0 Å². The molecular formula is C14H14ClN3O. The number of nitrogens with one attached hydrogen (secondary N) is 2. The van der Waals surface area contributed by atoms with E-state index < -0.39 is 0 Å². The highest BCUT2D eigenvalue weighted by molar-refractivity contribution is 6.31. The molecule has 0 saturated heterocycles. The van der Waals surface area contributed by atoms with Crippen LogP contribution in [0.5, 0.6) is 0 Å². The van der Waals surface area contributed by atoms with Crippen LogP contribution in [-0.4, -0.2) is 6.03 Å². The summed E-state index contributed by atoms with van der Waals surface area (Å²) in [7, 11) is 0. The van der Waals surface area contributed by atoms with Crippen LogP contribution in [0.15, 0.2) is 42.5 Å². The van der Waals surface area contributed by atoms with E-state index in [9.17, 15) is 4.79 Å². The van der Waals surface area contributed by atoms with E-state index in [0.717, 1.165) is 5.56 Å². The first kappa shape index (κ1) is 13.2. The van der Waals surface area contributed by atoms with Crippen LogP contribution in [0, 0.1) is 6.92 Å². The van der Waals surface area contributed by atoms with Crippen LogP contribution >= 0.6 is 11.6 Å². The summed E-state index contributed by atoms with van der Waals surface area (Å²) in [5, 5.41) is 6.02. The fraction of sp³-hybridized carbons (Fsp3) is 0.0714. The first-order valence-electron chi connectivity index (χ1n) is 5.74. The smallest absolute Gasteiger partial charge is 0.323 e. The number of urea groups is 1. The monoisotopic (exact) mass is 275 g/mol. The van der Waals surface area contributed by atoms with Crippen molar-refractivity contribution in [2.24, 2.45) is 0 Å². The minimum Gasteiger partial charge on any atom is -0.399 e. The molecule has 98 valence electrons. The van der Waals surface area contributed by atoms with Gasteiger partial charge in [0.25, 0.3) is 0 Å². The Morgan fingerprint density at radius 3 is 2.68 bits per heavy atom. The zero-order valence-electron chi connectivity index (χ0n) is 10.4. The first-order chi connectivity index (χ1) is 9.04. The van der Waals surface area contributed by atoms with Gasteiger partial charge in [-0.2, -0.15) is 0 Å². The minimum atomic E-state index is -0.337. The topological polar surface area (TPSA) is 67.2 Å². The molecule has 0 unspecified atom stereocenters. The molecule has 5 heteroatoms. The van der Waals surface area contributed by atoms with Crippen LogP contribution in [0.25, 0.3) is 0 Å². The fourth-order valence-electron chi connectivity index (χ4n) is 1.63. The Hall–Kier alpha value is -2.20. The van der Waals surface area contributed by atoms with Crippen LogP contribution in [0.2, 0.25) is 5.02 Å². The molecule has 0 saturated carbocycles. The van der Waals surface area contributed by atoms with Gasteiger partial charge in [-0.15, -0.1) is 0 Å². The lowest BCUT2D eigenvalue weighted by atomic mass is 10.2. The van der Waals surface area contributed by atoms with E-state index >= 15 is 0 Å². The molecule has 0 aliphatic heterocycles. The quantitative estimate of drug-likeness (QED) is 0.728. The van der Waals surface area contributed by atoms with Crippen LogP contribution in [-0.2, 0) is 0 Å². The first-order valence-corrected chi connectivity index (χ1v) is 6.12. The number of carbonyl (C=O) groups is 1. The number of nitrogen functional groups attached to an aromatic ring is 1. The molecular weight excluding hydrogens is 262 g/mol. The van der Waals surface area contributed by atoms with Gasteiger partial charge in [-0.3, -0.25) is 0 Å². The zero-order chi connectivity index (χ0) is 13.8. The largest absolute Gasteiger partial charge is 0.399 e. The molecule has 4 N–H and O–H groups in total. The van der Waals surface area contributed by atoms with Crippen molar-refractivity contribution in [3.8, 4) is 0 Å². The van der Waals surface area contributed by atoms with Crippen molar-refractivity contribution in [1.29, 1.82) is 0 Å². The van der Waals surface area contributed by atoms with E-state index in [1.807, 2.05) is 13.0 Å². The van der Waals surface area contributed by atoms with Gasteiger partial charge < -0.3 is 16.4 Å². The van der Waals surface area contributed by atoms with Gasteiger partial charge >= 0.3 is 6.03 Å². The number of benzene rings is 2. The summed E-state index contributed by atoms with van der Waals surface area (Å²) in [4.78, 5) is 11.9. The molecule has 4 nitrogen and oxygen atoms in total. The number of anilines is 3. The number of halogens is 1. The van der Waals surface area contributed by atoms with Gasteiger partial charge in [-0.05, 0) is 42.8 Å². The Morgan fingerprint density at radius 1 is 1.16 bits per heavy atom. The third-order valence-corrected chi connectivity index (χ3v) is 2.83. The van der Waals surface area contributed by atoms with Gasteiger partial charge in [-0.1, -0.05) is 23.7 Å². The average Bonchev–Trinajstić information content (AvgIpc) is 2.34. The van der Waals surface area contributed by atoms with Crippen LogP contribution in [0.1, 0.15) is 5.56 Å². The number of carbonyl (C=O) groups excluding carboxylic acids is 1. The minimum absolute atomic E-state index is 0.337. The van der Waals surface area contributed by atoms with Crippen molar-refractivity contribution in [2.45, 2.75) is 6.92 Å². The molecule has 0 aliphatic carbocycles. The normalized spacial score (nSPS) is 10.0. The molecule has 2 amide bonds. The number of rotatable bonds is 2. The van der Waals surface area contributed by atoms with Crippen molar-refractivity contribution in [1.82, 2.24) is 0 Å². The SMILES string of the molecule is Cc1ccc(Cl)cc1NC(=O)Nc1cccc(N)c1.